The minimum Gasteiger partial charge on any atom is -0.493 e. The maximum atomic E-state index is 10.6. The SMILES string of the molecule is Cc1ccc2c(c1)[C@H](NC[C@@]1(O)CCN(C)C1)CCCO2. The van der Waals surface area contributed by atoms with Crippen LogP contribution in [0.5, 0.6) is 5.75 Å². The van der Waals surface area contributed by atoms with Crippen LogP contribution in [0.1, 0.15) is 36.4 Å². The summed E-state index contributed by atoms with van der Waals surface area (Å²) in [5.41, 5.74) is 1.90. The molecule has 1 saturated heterocycles. The van der Waals surface area contributed by atoms with Crippen LogP contribution in [-0.4, -0.2) is 48.9 Å². The fraction of sp³-hybridized carbons (Fsp3) is 0.647. The minimum atomic E-state index is -0.591. The Kier molecular flexibility index (Phi) is 4.20. The van der Waals surface area contributed by atoms with Gasteiger partial charge in [0.1, 0.15) is 5.75 Å². The summed E-state index contributed by atoms with van der Waals surface area (Å²) in [7, 11) is 2.07. The first-order valence-electron chi connectivity index (χ1n) is 7.93. The van der Waals surface area contributed by atoms with Crippen molar-refractivity contribution in [3.63, 3.8) is 0 Å². The summed E-state index contributed by atoms with van der Waals surface area (Å²) in [6.07, 6.45) is 2.95. The van der Waals surface area contributed by atoms with Gasteiger partial charge in [-0.05, 0) is 39.3 Å². The molecule has 2 aliphatic heterocycles. The predicted molar refractivity (Wildman–Crippen MR) is 83.7 cm³/mol. The molecule has 0 aromatic heterocycles. The largest absolute Gasteiger partial charge is 0.493 e. The zero-order chi connectivity index (χ0) is 14.9. The summed E-state index contributed by atoms with van der Waals surface area (Å²) >= 11 is 0. The third-order valence-electron chi connectivity index (χ3n) is 4.64. The Morgan fingerprint density at radius 3 is 3.10 bits per heavy atom. The van der Waals surface area contributed by atoms with Crippen molar-refractivity contribution in [2.24, 2.45) is 0 Å². The average molecular weight is 290 g/mol. The van der Waals surface area contributed by atoms with Gasteiger partial charge in [-0.25, -0.2) is 0 Å². The molecule has 4 nitrogen and oxygen atoms in total. The van der Waals surface area contributed by atoms with Gasteiger partial charge in [-0.15, -0.1) is 0 Å². The molecule has 0 aliphatic carbocycles. The standard InChI is InChI=1S/C17H26N2O2/c1-13-5-6-16-14(10-13)15(4-3-9-21-16)18-11-17(20)7-8-19(2)12-17/h5-6,10,15,18,20H,3-4,7-9,11-12H2,1-2H3/t15-,17+/m1/s1. The van der Waals surface area contributed by atoms with Gasteiger partial charge >= 0.3 is 0 Å². The first-order chi connectivity index (χ1) is 10.1. The number of hydrogen-bond acceptors (Lipinski definition) is 4. The van der Waals surface area contributed by atoms with Gasteiger partial charge in [0.25, 0.3) is 0 Å². The highest BCUT2D eigenvalue weighted by Gasteiger charge is 2.35. The quantitative estimate of drug-likeness (QED) is 0.892. The Morgan fingerprint density at radius 1 is 1.48 bits per heavy atom. The van der Waals surface area contributed by atoms with E-state index in [0.29, 0.717) is 6.54 Å². The highest BCUT2D eigenvalue weighted by atomic mass is 16.5. The first-order valence-corrected chi connectivity index (χ1v) is 7.93. The summed E-state index contributed by atoms with van der Waals surface area (Å²) in [6, 6.07) is 6.66. The van der Waals surface area contributed by atoms with Crippen molar-refractivity contribution >= 4 is 0 Å². The van der Waals surface area contributed by atoms with E-state index < -0.39 is 5.60 Å². The number of likely N-dealkylation sites (tertiary alicyclic amines) is 1. The molecule has 1 aromatic rings. The van der Waals surface area contributed by atoms with E-state index in [9.17, 15) is 5.11 Å². The van der Waals surface area contributed by atoms with Crippen LogP contribution in [0, 0.1) is 6.92 Å². The number of fused-ring (bicyclic) bond motifs is 1. The van der Waals surface area contributed by atoms with Crippen molar-refractivity contribution in [1.82, 2.24) is 10.2 Å². The molecular weight excluding hydrogens is 264 g/mol. The van der Waals surface area contributed by atoms with E-state index in [1.165, 1.54) is 11.1 Å². The molecule has 0 saturated carbocycles. The van der Waals surface area contributed by atoms with Crippen LogP contribution in [0.3, 0.4) is 0 Å². The Balaban J connectivity index is 1.72. The number of β-amino-alcohol motifs (C(OH)–C–C–N with tert-alkyl or cyclic N) is 1. The lowest BCUT2D eigenvalue weighted by Gasteiger charge is -2.27. The molecule has 3 rings (SSSR count). The van der Waals surface area contributed by atoms with Gasteiger partial charge in [-0.2, -0.15) is 0 Å². The first kappa shape index (κ1) is 14.8. The Hall–Kier alpha value is -1.10. The number of aryl methyl sites for hydroxylation is 1. The number of aliphatic hydroxyl groups is 1. The zero-order valence-electron chi connectivity index (χ0n) is 13.1. The van der Waals surface area contributed by atoms with E-state index >= 15 is 0 Å². The van der Waals surface area contributed by atoms with Gasteiger partial charge in [0.05, 0.1) is 12.2 Å². The third-order valence-corrected chi connectivity index (χ3v) is 4.64. The molecule has 0 unspecified atom stereocenters. The van der Waals surface area contributed by atoms with E-state index in [1.807, 2.05) is 0 Å². The molecule has 0 amide bonds. The fourth-order valence-electron chi connectivity index (χ4n) is 3.43. The number of nitrogens with one attached hydrogen (secondary N) is 1. The van der Waals surface area contributed by atoms with Gasteiger partial charge in [-0.1, -0.05) is 17.7 Å². The smallest absolute Gasteiger partial charge is 0.124 e. The lowest BCUT2D eigenvalue weighted by atomic mass is 9.97. The van der Waals surface area contributed by atoms with Crippen LogP contribution in [0.4, 0.5) is 0 Å². The molecule has 0 bridgehead atoms. The normalized spacial score (nSPS) is 29.8. The van der Waals surface area contributed by atoms with Gasteiger partial charge in [0.2, 0.25) is 0 Å². The average Bonchev–Trinajstić information content (AvgIpc) is 2.68. The molecule has 1 fully saturated rings. The van der Waals surface area contributed by atoms with Crippen molar-refractivity contribution in [2.45, 2.75) is 37.8 Å². The Bertz CT molecular complexity index is 506. The van der Waals surface area contributed by atoms with E-state index in [0.717, 1.165) is 44.7 Å². The highest BCUT2D eigenvalue weighted by Crippen LogP contribution is 2.32. The molecule has 1 aromatic carbocycles. The number of likely N-dealkylation sites (N-methyl/N-ethyl adjacent to an activating group) is 1. The summed E-state index contributed by atoms with van der Waals surface area (Å²) < 4.78 is 5.84. The topological polar surface area (TPSA) is 44.7 Å². The van der Waals surface area contributed by atoms with Crippen molar-refractivity contribution in [3.05, 3.63) is 29.3 Å². The van der Waals surface area contributed by atoms with E-state index in [2.05, 4.69) is 42.4 Å². The third kappa shape index (κ3) is 3.39. The molecule has 2 heterocycles. The lowest BCUT2D eigenvalue weighted by Crippen LogP contribution is -2.43. The maximum Gasteiger partial charge on any atom is 0.124 e. The molecule has 21 heavy (non-hydrogen) atoms. The van der Waals surface area contributed by atoms with Crippen LogP contribution in [0.25, 0.3) is 0 Å². The van der Waals surface area contributed by atoms with Crippen molar-refractivity contribution in [3.8, 4) is 5.75 Å². The van der Waals surface area contributed by atoms with Crippen LogP contribution in [0.2, 0.25) is 0 Å². The molecule has 0 radical (unpaired) electrons. The second kappa shape index (κ2) is 5.95. The van der Waals surface area contributed by atoms with E-state index in [4.69, 9.17) is 4.74 Å². The highest BCUT2D eigenvalue weighted by molar-refractivity contribution is 5.39. The number of nitrogens with zero attached hydrogens (tertiary/aromatic N) is 1. The minimum absolute atomic E-state index is 0.275. The fourth-order valence-corrected chi connectivity index (χ4v) is 3.43. The monoisotopic (exact) mass is 290 g/mol. The number of hydrogen-bond donors (Lipinski definition) is 2. The summed E-state index contributed by atoms with van der Waals surface area (Å²) in [5.74, 6) is 0.992. The zero-order valence-corrected chi connectivity index (χ0v) is 13.1. The number of ether oxygens (including phenoxy) is 1. The maximum absolute atomic E-state index is 10.6. The molecule has 2 aliphatic rings. The molecule has 116 valence electrons. The second-order valence-corrected chi connectivity index (χ2v) is 6.68. The Labute approximate surface area is 127 Å². The molecular formula is C17H26N2O2. The molecule has 0 spiro atoms. The van der Waals surface area contributed by atoms with Crippen molar-refractivity contribution in [1.29, 1.82) is 0 Å². The number of benzene rings is 1. The second-order valence-electron chi connectivity index (χ2n) is 6.68. The van der Waals surface area contributed by atoms with Gasteiger partial charge in [0, 0.05) is 31.2 Å². The summed E-state index contributed by atoms with van der Waals surface area (Å²) in [6.45, 7) is 5.27. The summed E-state index contributed by atoms with van der Waals surface area (Å²) in [4.78, 5) is 2.19. The Morgan fingerprint density at radius 2 is 2.33 bits per heavy atom. The van der Waals surface area contributed by atoms with Crippen molar-refractivity contribution < 1.29 is 9.84 Å². The van der Waals surface area contributed by atoms with Crippen LogP contribution >= 0.6 is 0 Å². The van der Waals surface area contributed by atoms with Crippen molar-refractivity contribution in [2.75, 3.05) is 33.3 Å². The molecule has 2 N–H and O–H groups in total. The summed E-state index contributed by atoms with van der Waals surface area (Å²) in [5, 5.41) is 14.2. The van der Waals surface area contributed by atoms with E-state index in [1.54, 1.807) is 0 Å². The van der Waals surface area contributed by atoms with Crippen LogP contribution < -0.4 is 10.1 Å². The lowest BCUT2D eigenvalue weighted by molar-refractivity contribution is 0.0486. The molecule has 4 heteroatoms. The van der Waals surface area contributed by atoms with Crippen LogP contribution in [-0.2, 0) is 0 Å². The van der Waals surface area contributed by atoms with E-state index in [-0.39, 0.29) is 6.04 Å². The molecule has 2 atom stereocenters. The predicted octanol–water partition coefficient (Wildman–Crippen LogP) is 1.86. The van der Waals surface area contributed by atoms with Gasteiger partial charge in [0.15, 0.2) is 0 Å². The van der Waals surface area contributed by atoms with Crippen LogP contribution in [0.15, 0.2) is 18.2 Å². The number of rotatable bonds is 3. The van der Waals surface area contributed by atoms with Gasteiger partial charge in [-0.3, -0.25) is 0 Å². The van der Waals surface area contributed by atoms with Gasteiger partial charge < -0.3 is 20.1 Å².